The first-order valence-electron chi connectivity index (χ1n) is 5.41. The fourth-order valence-corrected chi connectivity index (χ4v) is 1.68. The van der Waals surface area contributed by atoms with Gasteiger partial charge in [-0.3, -0.25) is 4.79 Å². The standard InChI is InChI=1S/C11H20N2O/c1-2-3-4-6-13-11(14)8-10-5-7-12-9-10/h2-3,10,12H,4-9H2,1H3,(H,13,14)/b3-2+. The van der Waals surface area contributed by atoms with E-state index in [-0.39, 0.29) is 5.91 Å². The van der Waals surface area contributed by atoms with Gasteiger partial charge in [0.25, 0.3) is 0 Å². The van der Waals surface area contributed by atoms with E-state index < -0.39 is 0 Å². The maximum Gasteiger partial charge on any atom is 0.220 e. The SMILES string of the molecule is C/C=C/CCNC(=O)CC1CCNC1. The van der Waals surface area contributed by atoms with E-state index in [0.29, 0.717) is 12.3 Å². The zero-order valence-corrected chi connectivity index (χ0v) is 8.88. The lowest BCUT2D eigenvalue weighted by atomic mass is 10.0. The van der Waals surface area contributed by atoms with Crippen LogP contribution in [0, 0.1) is 5.92 Å². The molecule has 0 saturated carbocycles. The van der Waals surface area contributed by atoms with Crippen molar-refractivity contribution in [3.8, 4) is 0 Å². The van der Waals surface area contributed by atoms with Crippen molar-refractivity contribution < 1.29 is 4.79 Å². The van der Waals surface area contributed by atoms with Crippen LogP contribution >= 0.6 is 0 Å². The van der Waals surface area contributed by atoms with Crippen molar-refractivity contribution in [3.63, 3.8) is 0 Å². The molecule has 1 heterocycles. The number of carbonyl (C=O) groups is 1. The fourth-order valence-electron chi connectivity index (χ4n) is 1.68. The van der Waals surface area contributed by atoms with E-state index in [0.717, 1.165) is 32.5 Å². The van der Waals surface area contributed by atoms with E-state index in [4.69, 9.17) is 0 Å². The summed E-state index contributed by atoms with van der Waals surface area (Å²) in [4.78, 5) is 11.4. The Kier molecular flexibility index (Phi) is 5.30. The molecule has 0 spiro atoms. The van der Waals surface area contributed by atoms with E-state index in [1.165, 1.54) is 0 Å². The molecule has 0 aromatic heterocycles. The van der Waals surface area contributed by atoms with Gasteiger partial charge in [0.15, 0.2) is 0 Å². The number of rotatable bonds is 5. The maximum absolute atomic E-state index is 11.4. The number of hydrogen-bond donors (Lipinski definition) is 2. The Labute approximate surface area is 86.0 Å². The van der Waals surface area contributed by atoms with Crippen molar-refractivity contribution in [2.75, 3.05) is 19.6 Å². The summed E-state index contributed by atoms with van der Waals surface area (Å²) in [5.74, 6) is 0.750. The first-order valence-corrected chi connectivity index (χ1v) is 5.41. The highest BCUT2D eigenvalue weighted by Crippen LogP contribution is 2.11. The predicted octanol–water partition coefficient (Wildman–Crippen LogP) is 1.07. The molecular formula is C11H20N2O. The quantitative estimate of drug-likeness (QED) is 0.510. The third kappa shape index (κ3) is 4.42. The molecule has 0 bridgehead atoms. The van der Waals surface area contributed by atoms with Crippen molar-refractivity contribution in [1.29, 1.82) is 0 Å². The van der Waals surface area contributed by atoms with Gasteiger partial charge in [0, 0.05) is 13.0 Å². The van der Waals surface area contributed by atoms with Crippen LogP contribution in [0.2, 0.25) is 0 Å². The minimum atomic E-state index is 0.197. The summed E-state index contributed by atoms with van der Waals surface area (Å²) in [5.41, 5.74) is 0. The van der Waals surface area contributed by atoms with Gasteiger partial charge < -0.3 is 10.6 Å². The molecule has 0 aromatic carbocycles. The summed E-state index contributed by atoms with van der Waals surface area (Å²) in [7, 11) is 0. The van der Waals surface area contributed by atoms with Crippen LogP contribution in [-0.2, 0) is 4.79 Å². The monoisotopic (exact) mass is 196 g/mol. The summed E-state index contributed by atoms with van der Waals surface area (Å²) in [6.07, 6.45) is 6.83. The van der Waals surface area contributed by atoms with Crippen LogP contribution in [0.25, 0.3) is 0 Å². The van der Waals surface area contributed by atoms with Crippen LogP contribution in [0.15, 0.2) is 12.2 Å². The number of carbonyl (C=O) groups excluding carboxylic acids is 1. The van der Waals surface area contributed by atoms with Crippen LogP contribution < -0.4 is 10.6 Å². The van der Waals surface area contributed by atoms with Gasteiger partial charge in [-0.2, -0.15) is 0 Å². The van der Waals surface area contributed by atoms with Gasteiger partial charge in [-0.15, -0.1) is 0 Å². The molecule has 1 fully saturated rings. The normalized spacial score (nSPS) is 21.6. The third-order valence-corrected chi connectivity index (χ3v) is 2.51. The van der Waals surface area contributed by atoms with Gasteiger partial charge in [-0.25, -0.2) is 0 Å². The summed E-state index contributed by atoms with van der Waals surface area (Å²) in [5, 5.41) is 6.19. The molecule has 80 valence electrons. The highest BCUT2D eigenvalue weighted by atomic mass is 16.1. The van der Waals surface area contributed by atoms with Crippen LogP contribution in [0.4, 0.5) is 0 Å². The molecule has 0 radical (unpaired) electrons. The molecule has 1 saturated heterocycles. The van der Waals surface area contributed by atoms with Gasteiger partial charge in [-0.05, 0) is 38.8 Å². The van der Waals surface area contributed by atoms with E-state index in [2.05, 4.69) is 16.7 Å². The Morgan fingerprint density at radius 3 is 3.14 bits per heavy atom. The second-order valence-corrected chi connectivity index (χ2v) is 3.77. The molecule has 0 aliphatic carbocycles. The van der Waals surface area contributed by atoms with Gasteiger partial charge in [0.05, 0.1) is 0 Å². The topological polar surface area (TPSA) is 41.1 Å². The Morgan fingerprint density at radius 1 is 1.64 bits per heavy atom. The Balaban J connectivity index is 2.03. The van der Waals surface area contributed by atoms with Crippen LogP contribution in [0.1, 0.15) is 26.2 Å². The van der Waals surface area contributed by atoms with Crippen LogP contribution in [0.3, 0.4) is 0 Å². The summed E-state index contributed by atoms with van der Waals surface area (Å²) in [6.45, 7) is 4.83. The first-order chi connectivity index (χ1) is 6.83. The lowest BCUT2D eigenvalue weighted by Gasteiger charge is -2.07. The molecule has 3 heteroatoms. The molecule has 2 N–H and O–H groups in total. The molecule has 1 atom stereocenters. The minimum Gasteiger partial charge on any atom is -0.356 e. The Hall–Kier alpha value is -0.830. The molecule has 1 rings (SSSR count). The van der Waals surface area contributed by atoms with E-state index in [9.17, 15) is 4.79 Å². The van der Waals surface area contributed by atoms with Gasteiger partial charge in [0.2, 0.25) is 5.91 Å². The average Bonchev–Trinajstić information content (AvgIpc) is 2.65. The molecule has 1 unspecified atom stereocenters. The van der Waals surface area contributed by atoms with E-state index in [1.807, 2.05) is 13.0 Å². The van der Waals surface area contributed by atoms with Gasteiger partial charge in [-0.1, -0.05) is 12.2 Å². The molecule has 1 amide bonds. The summed E-state index contributed by atoms with van der Waals surface area (Å²) < 4.78 is 0. The number of hydrogen-bond acceptors (Lipinski definition) is 2. The van der Waals surface area contributed by atoms with Crippen LogP contribution in [0.5, 0.6) is 0 Å². The number of allylic oxidation sites excluding steroid dienone is 1. The highest BCUT2D eigenvalue weighted by molar-refractivity contribution is 5.76. The predicted molar refractivity (Wildman–Crippen MR) is 58.0 cm³/mol. The molecular weight excluding hydrogens is 176 g/mol. The Morgan fingerprint density at radius 2 is 2.50 bits per heavy atom. The lowest BCUT2D eigenvalue weighted by molar-refractivity contribution is -0.121. The minimum absolute atomic E-state index is 0.197. The van der Waals surface area contributed by atoms with Gasteiger partial charge >= 0.3 is 0 Å². The zero-order valence-electron chi connectivity index (χ0n) is 8.88. The highest BCUT2D eigenvalue weighted by Gasteiger charge is 2.17. The fraction of sp³-hybridized carbons (Fsp3) is 0.727. The van der Waals surface area contributed by atoms with Crippen molar-refractivity contribution in [3.05, 3.63) is 12.2 Å². The second-order valence-electron chi connectivity index (χ2n) is 3.77. The third-order valence-electron chi connectivity index (χ3n) is 2.51. The first kappa shape index (κ1) is 11.2. The smallest absolute Gasteiger partial charge is 0.220 e. The summed E-state index contributed by atoms with van der Waals surface area (Å²) in [6, 6.07) is 0. The van der Waals surface area contributed by atoms with Gasteiger partial charge in [0.1, 0.15) is 0 Å². The van der Waals surface area contributed by atoms with Crippen molar-refractivity contribution in [2.24, 2.45) is 5.92 Å². The van der Waals surface area contributed by atoms with Crippen molar-refractivity contribution in [1.82, 2.24) is 10.6 Å². The maximum atomic E-state index is 11.4. The molecule has 0 aromatic rings. The van der Waals surface area contributed by atoms with Crippen molar-refractivity contribution in [2.45, 2.75) is 26.2 Å². The largest absolute Gasteiger partial charge is 0.356 e. The molecule has 14 heavy (non-hydrogen) atoms. The number of nitrogens with one attached hydrogen (secondary N) is 2. The summed E-state index contributed by atoms with van der Waals surface area (Å²) >= 11 is 0. The average molecular weight is 196 g/mol. The zero-order chi connectivity index (χ0) is 10.2. The van der Waals surface area contributed by atoms with E-state index in [1.54, 1.807) is 0 Å². The number of amides is 1. The second kappa shape index (κ2) is 6.60. The van der Waals surface area contributed by atoms with E-state index >= 15 is 0 Å². The molecule has 1 aliphatic heterocycles. The molecule has 1 aliphatic rings. The van der Waals surface area contributed by atoms with Crippen LogP contribution in [-0.4, -0.2) is 25.5 Å². The van der Waals surface area contributed by atoms with Crippen molar-refractivity contribution >= 4 is 5.91 Å². The Bertz CT molecular complexity index is 195. The molecule has 3 nitrogen and oxygen atoms in total. The lowest BCUT2D eigenvalue weighted by Crippen LogP contribution is -2.26.